The van der Waals surface area contributed by atoms with E-state index in [2.05, 4.69) is 39.5 Å². The van der Waals surface area contributed by atoms with Gasteiger partial charge in [0.2, 0.25) is 17.7 Å². The van der Waals surface area contributed by atoms with Crippen LogP contribution in [0, 0.1) is 10.1 Å². The van der Waals surface area contributed by atoms with Gasteiger partial charge in [0.15, 0.2) is 0 Å². The fourth-order valence-corrected chi connectivity index (χ4v) is 3.44. The molecular weight excluding hydrogens is 406 g/mol. The third-order valence-electron chi connectivity index (χ3n) is 4.41. The summed E-state index contributed by atoms with van der Waals surface area (Å²) in [5.74, 6) is 1.90. The monoisotopic (exact) mass is 423 g/mol. The largest absolute Gasteiger partial charge is 0.420 e. The molecule has 0 radical (unpaired) electrons. The van der Waals surface area contributed by atoms with Crippen molar-refractivity contribution in [3.8, 4) is 11.5 Å². The summed E-state index contributed by atoms with van der Waals surface area (Å²) in [5.41, 5.74) is 1.83. The van der Waals surface area contributed by atoms with Crippen LogP contribution in [-0.4, -0.2) is 25.3 Å². The van der Waals surface area contributed by atoms with Crippen LogP contribution in [0.15, 0.2) is 68.7 Å². The van der Waals surface area contributed by atoms with Gasteiger partial charge >= 0.3 is 0 Å². The fraction of sp³-hybridized carbons (Fsp3) is 0.200. The van der Waals surface area contributed by atoms with Gasteiger partial charge in [-0.3, -0.25) is 10.1 Å². The second-order valence-corrected chi connectivity index (χ2v) is 7.50. The smallest absolute Gasteiger partial charge is 0.277 e. The van der Waals surface area contributed by atoms with E-state index in [0.717, 1.165) is 0 Å². The third-order valence-corrected chi connectivity index (χ3v) is 5.21. The van der Waals surface area contributed by atoms with Crippen molar-refractivity contribution in [2.75, 3.05) is 0 Å². The lowest BCUT2D eigenvalue weighted by Crippen LogP contribution is -1.98. The quantitative estimate of drug-likeness (QED) is 0.226. The van der Waals surface area contributed by atoms with Gasteiger partial charge in [0, 0.05) is 24.1 Å². The third kappa shape index (κ3) is 4.71. The predicted molar refractivity (Wildman–Crippen MR) is 109 cm³/mol. The van der Waals surface area contributed by atoms with Crippen LogP contribution in [0.5, 0.6) is 0 Å². The molecule has 0 saturated heterocycles. The fourth-order valence-electron chi connectivity index (χ4n) is 2.82. The molecule has 10 heteroatoms. The molecular formula is C20H17N5O4S. The Kier molecular flexibility index (Phi) is 5.84. The molecule has 152 valence electrons. The maximum atomic E-state index is 10.7. The zero-order valence-electron chi connectivity index (χ0n) is 16.0. The highest BCUT2D eigenvalue weighted by Gasteiger charge is 2.15. The number of nitrogens with zero attached hydrogens (tertiary/aromatic N) is 5. The Balaban J connectivity index is 1.34. The van der Waals surface area contributed by atoms with Crippen LogP contribution >= 0.6 is 11.8 Å². The maximum absolute atomic E-state index is 10.7. The Hall–Kier alpha value is -3.53. The van der Waals surface area contributed by atoms with Gasteiger partial charge in [-0.1, -0.05) is 49.0 Å². The minimum atomic E-state index is -0.459. The van der Waals surface area contributed by atoms with E-state index < -0.39 is 4.92 Å². The van der Waals surface area contributed by atoms with Crippen LogP contribution in [0.4, 0.5) is 5.69 Å². The van der Waals surface area contributed by atoms with Crippen LogP contribution < -0.4 is 0 Å². The zero-order valence-corrected chi connectivity index (χ0v) is 16.8. The molecule has 2 aromatic heterocycles. The number of hydrogen-bond donors (Lipinski definition) is 0. The van der Waals surface area contributed by atoms with Crippen molar-refractivity contribution in [2.45, 2.75) is 30.2 Å². The highest BCUT2D eigenvalue weighted by molar-refractivity contribution is 7.98. The molecule has 2 heterocycles. The molecule has 0 fully saturated rings. The summed E-state index contributed by atoms with van der Waals surface area (Å²) in [5, 5.41) is 27.3. The molecule has 30 heavy (non-hydrogen) atoms. The lowest BCUT2D eigenvalue weighted by molar-refractivity contribution is -0.384. The molecule has 0 spiro atoms. The summed E-state index contributed by atoms with van der Waals surface area (Å²) < 4.78 is 11.3. The van der Waals surface area contributed by atoms with Gasteiger partial charge in [-0.15, -0.1) is 20.4 Å². The summed E-state index contributed by atoms with van der Waals surface area (Å²) in [7, 11) is 0. The average Bonchev–Trinajstić information content (AvgIpc) is 3.42. The topological polar surface area (TPSA) is 121 Å². The number of nitro benzene ring substituents is 1. The van der Waals surface area contributed by atoms with Gasteiger partial charge in [-0.2, -0.15) is 0 Å². The molecule has 0 aliphatic carbocycles. The minimum absolute atomic E-state index is 0.00262. The molecule has 0 aliphatic rings. The molecule has 0 aliphatic heterocycles. The first-order valence-corrected chi connectivity index (χ1v) is 10.1. The number of thioether (sulfide) groups is 1. The molecule has 4 aromatic rings. The normalized spacial score (nSPS) is 12.0. The number of aromatic nitrogens is 4. The van der Waals surface area contributed by atoms with E-state index in [0.29, 0.717) is 40.6 Å². The average molecular weight is 423 g/mol. The maximum Gasteiger partial charge on any atom is 0.277 e. The van der Waals surface area contributed by atoms with Crippen molar-refractivity contribution in [1.29, 1.82) is 0 Å². The second kappa shape index (κ2) is 8.87. The Morgan fingerprint density at radius 3 is 2.43 bits per heavy atom. The number of benzene rings is 2. The van der Waals surface area contributed by atoms with Gasteiger partial charge in [0.25, 0.3) is 10.9 Å². The van der Waals surface area contributed by atoms with E-state index in [4.69, 9.17) is 8.83 Å². The van der Waals surface area contributed by atoms with E-state index in [-0.39, 0.29) is 11.6 Å². The molecule has 1 unspecified atom stereocenters. The van der Waals surface area contributed by atoms with Crippen molar-refractivity contribution in [3.63, 3.8) is 0 Å². The van der Waals surface area contributed by atoms with E-state index in [1.54, 1.807) is 12.1 Å². The molecule has 0 bridgehead atoms. The van der Waals surface area contributed by atoms with Crippen molar-refractivity contribution < 1.29 is 13.8 Å². The van der Waals surface area contributed by atoms with Gasteiger partial charge in [-0.05, 0) is 23.6 Å². The first-order valence-electron chi connectivity index (χ1n) is 9.16. The van der Waals surface area contributed by atoms with E-state index >= 15 is 0 Å². The molecule has 0 amide bonds. The van der Waals surface area contributed by atoms with Crippen LogP contribution in [0.25, 0.3) is 11.5 Å². The second-order valence-electron chi connectivity index (χ2n) is 6.57. The Morgan fingerprint density at radius 2 is 1.70 bits per heavy atom. The highest BCUT2D eigenvalue weighted by atomic mass is 32.2. The van der Waals surface area contributed by atoms with Gasteiger partial charge < -0.3 is 8.83 Å². The van der Waals surface area contributed by atoms with E-state index in [9.17, 15) is 10.1 Å². The minimum Gasteiger partial charge on any atom is -0.420 e. The van der Waals surface area contributed by atoms with E-state index in [1.807, 2.05) is 18.2 Å². The zero-order chi connectivity index (χ0) is 20.9. The number of nitro groups is 1. The van der Waals surface area contributed by atoms with Crippen molar-refractivity contribution in [2.24, 2.45) is 0 Å². The first kappa shape index (κ1) is 19.8. The van der Waals surface area contributed by atoms with Gasteiger partial charge in [-0.25, -0.2) is 0 Å². The number of rotatable bonds is 8. The predicted octanol–water partition coefficient (Wildman–Crippen LogP) is 4.67. The van der Waals surface area contributed by atoms with Gasteiger partial charge in [0.05, 0.1) is 10.7 Å². The standard InChI is InChI=1S/C20H17N5O4S/c1-13(14-5-3-2-4-6-14)11-17-21-24-20(29-17)30-12-18-22-23-19(28-18)15-7-9-16(10-8-15)25(26)27/h2-10,13H,11-12H2,1H3. The van der Waals surface area contributed by atoms with Crippen molar-refractivity contribution in [1.82, 2.24) is 20.4 Å². The first-order chi connectivity index (χ1) is 14.6. The highest BCUT2D eigenvalue weighted by Crippen LogP contribution is 2.26. The summed E-state index contributed by atoms with van der Waals surface area (Å²) in [6.07, 6.45) is 0.655. The van der Waals surface area contributed by atoms with E-state index in [1.165, 1.54) is 29.5 Å². The molecule has 1 atom stereocenters. The SMILES string of the molecule is CC(Cc1nnc(SCc2nnc(-c3ccc([N+](=O)[O-])cc3)o2)o1)c1ccccc1. The van der Waals surface area contributed by atoms with Gasteiger partial charge in [0.1, 0.15) is 0 Å². The summed E-state index contributed by atoms with van der Waals surface area (Å²) in [6, 6.07) is 16.1. The molecule has 9 nitrogen and oxygen atoms in total. The molecule has 0 N–H and O–H groups in total. The van der Waals surface area contributed by atoms with Crippen molar-refractivity contribution >= 4 is 17.4 Å². The Labute approximate surface area is 175 Å². The Morgan fingerprint density at radius 1 is 0.967 bits per heavy atom. The lowest BCUT2D eigenvalue weighted by Gasteiger charge is -2.08. The van der Waals surface area contributed by atoms with Crippen LogP contribution in [-0.2, 0) is 12.2 Å². The Bertz CT molecular complexity index is 1130. The van der Waals surface area contributed by atoms with Crippen LogP contribution in [0.3, 0.4) is 0 Å². The number of hydrogen-bond acceptors (Lipinski definition) is 9. The molecule has 2 aromatic carbocycles. The summed E-state index contributed by atoms with van der Waals surface area (Å²) >= 11 is 1.31. The molecule has 4 rings (SSSR count). The molecule has 0 saturated carbocycles. The van der Waals surface area contributed by atoms with Crippen LogP contribution in [0.1, 0.15) is 30.2 Å². The van der Waals surface area contributed by atoms with Crippen LogP contribution in [0.2, 0.25) is 0 Å². The van der Waals surface area contributed by atoms with Crippen molar-refractivity contribution in [3.05, 3.63) is 82.1 Å². The summed E-state index contributed by atoms with van der Waals surface area (Å²) in [4.78, 5) is 10.3. The lowest BCUT2D eigenvalue weighted by atomic mass is 9.98. The summed E-state index contributed by atoms with van der Waals surface area (Å²) in [6.45, 7) is 2.12. The number of non-ortho nitro benzene ring substituents is 1.